The van der Waals surface area contributed by atoms with Crippen LogP contribution in [0.2, 0.25) is 0 Å². The molecule has 1 unspecified atom stereocenters. The van der Waals surface area contributed by atoms with Crippen LogP contribution in [-0.4, -0.2) is 9.97 Å². The van der Waals surface area contributed by atoms with Crippen molar-refractivity contribution in [2.75, 3.05) is 0 Å². The summed E-state index contributed by atoms with van der Waals surface area (Å²) in [5.74, 6) is 0. The number of aromatic nitrogens is 2. The van der Waals surface area contributed by atoms with E-state index in [9.17, 15) is 9.59 Å². The van der Waals surface area contributed by atoms with E-state index in [1.54, 1.807) is 23.5 Å². The van der Waals surface area contributed by atoms with E-state index in [1.165, 1.54) is 0 Å². The van der Waals surface area contributed by atoms with E-state index in [4.69, 9.17) is 11.6 Å². The molecule has 0 aliphatic heterocycles. The Morgan fingerprint density at radius 3 is 2.33 bits per heavy atom. The topological polar surface area (TPSA) is 65.7 Å². The van der Waals surface area contributed by atoms with Crippen molar-refractivity contribution < 1.29 is 0 Å². The van der Waals surface area contributed by atoms with Crippen LogP contribution in [0.15, 0.2) is 41.4 Å². The number of alkyl halides is 1. The van der Waals surface area contributed by atoms with Gasteiger partial charge in [0.05, 0.1) is 24.0 Å². The zero-order valence-electron chi connectivity index (χ0n) is 10.2. The van der Waals surface area contributed by atoms with E-state index in [-0.39, 0.29) is 5.38 Å². The highest BCUT2D eigenvalue weighted by Gasteiger charge is 2.17. The van der Waals surface area contributed by atoms with Gasteiger partial charge >= 0.3 is 11.1 Å². The van der Waals surface area contributed by atoms with Gasteiger partial charge in [0, 0.05) is 5.56 Å². The molecule has 0 aliphatic carbocycles. The number of rotatable bonds is 2. The molecule has 0 saturated heterocycles. The summed E-state index contributed by atoms with van der Waals surface area (Å²) in [5.41, 5.74) is 1.55. The van der Waals surface area contributed by atoms with Gasteiger partial charge in [-0.2, -0.15) is 0 Å². The van der Waals surface area contributed by atoms with Gasteiger partial charge in [0.2, 0.25) is 0 Å². The van der Waals surface area contributed by atoms with Gasteiger partial charge in [-0.25, -0.2) is 0 Å². The van der Waals surface area contributed by atoms with Crippen molar-refractivity contribution in [3.05, 3.63) is 63.7 Å². The van der Waals surface area contributed by atoms with Crippen molar-refractivity contribution in [1.29, 1.82) is 0 Å². The Balaban J connectivity index is 2.12. The Labute approximate surface area is 144 Å². The van der Waals surface area contributed by atoms with Gasteiger partial charge in [0.25, 0.3) is 0 Å². The number of hydrogen-bond donors (Lipinski definition) is 2. The number of nitrogens with one attached hydrogen (secondary N) is 2. The zero-order valence-corrected chi connectivity index (χ0v) is 15.0. The van der Waals surface area contributed by atoms with E-state index in [2.05, 4.69) is 41.8 Å². The largest absolute Gasteiger partial charge is 0.316 e. The van der Waals surface area contributed by atoms with Crippen molar-refractivity contribution in [3.63, 3.8) is 0 Å². The van der Waals surface area contributed by atoms with E-state index < -0.39 is 11.1 Å². The second-order valence-electron chi connectivity index (χ2n) is 4.36. The first kappa shape index (κ1) is 15.0. The van der Waals surface area contributed by atoms with Crippen molar-refractivity contribution in [2.24, 2.45) is 0 Å². The average Bonchev–Trinajstić information content (AvgIpc) is 2.78. The third kappa shape index (κ3) is 2.88. The Morgan fingerprint density at radius 2 is 1.71 bits per heavy atom. The lowest BCUT2D eigenvalue weighted by molar-refractivity contribution is 1.12. The summed E-state index contributed by atoms with van der Waals surface area (Å²) in [5, 5.41) is -0.359. The maximum absolute atomic E-state index is 11.4. The van der Waals surface area contributed by atoms with Crippen LogP contribution < -0.4 is 11.1 Å². The van der Waals surface area contributed by atoms with Crippen LogP contribution in [0.3, 0.4) is 0 Å². The van der Waals surface area contributed by atoms with Crippen molar-refractivity contribution >= 4 is 65.8 Å². The Bertz CT molecular complexity index is 947. The molecule has 1 aromatic carbocycles. The summed E-state index contributed by atoms with van der Waals surface area (Å²) in [6, 6.07) is 7.27. The monoisotopic (exact) mass is 448 g/mol. The highest BCUT2D eigenvalue weighted by Crippen LogP contribution is 2.41. The summed E-state index contributed by atoms with van der Waals surface area (Å²) < 4.78 is 1.93. The molecular weight excluding hydrogens is 443 g/mol. The number of benzene rings is 1. The molecule has 3 rings (SSSR count). The molecule has 1 atom stereocenters. The molecule has 2 aromatic heterocycles. The zero-order chi connectivity index (χ0) is 15.1. The molecule has 0 bridgehead atoms. The van der Waals surface area contributed by atoms with Gasteiger partial charge in [-0.05, 0) is 55.6 Å². The number of halogens is 3. The fourth-order valence-electron chi connectivity index (χ4n) is 2.00. The smallest absolute Gasteiger partial charge is 0.314 e. The van der Waals surface area contributed by atoms with Crippen molar-refractivity contribution in [3.8, 4) is 0 Å². The summed E-state index contributed by atoms with van der Waals surface area (Å²) in [6.07, 6.45) is 0. The van der Waals surface area contributed by atoms with Crippen LogP contribution in [0.1, 0.15) is 16.5 Å². The molecular formula is C13H7Br2ClN2O2S. The predicted octanol–water partition coefficient (Wildman–Crippen LogP) is 4.13. The van der Waals surface area contributed by atoms with Gasteiger partial charge in [-0.3, -0.25) is 9.59 Å². The summed E-state index contributed by atoms with van der Waals surface area (Å²) in [4.78, 5) is 27.8. The molecule has 2 heterocycles. The molecule has 0 fully saturated rings. The third-order valence-corrected chi connectivity index (χ3v) is 5.87. The summed E-state index contributed by atoms with van der Waals surface area (Å²) >= 11 is 15.0. The fraction of sp³-hybridized carbons (Fsp3) is 0.0769. The molecule has 8 heteroatoms. The van der Waals surface area contributed by atoms with Gasteiger partial charge in [0.1, 0.15) is 0 Å². The summed E-state index contributed by atoms with van der Waals surface area (Å²) in [6.45, 7) is 0. The van der Waals surface area contributed by atoms with Gasteiger partial charge < -0.3 is 9.97 Å². The standard InChI is InChI=1S/C13H7Br2ClN2O2S/c14-9-4-6(11(15)21-9)10(16)5-1-2-7-8(3-5)18-13(20)12(19)17-7/h1-4,10H,(H,17,19)(H,18,20). The Kier molecular flexibility index (Phi) is 4.09. The first-order valence-electron chi connectivity index (χ1n) is 5.81. The second kappa shape index (κ2) is 5.72. The maximum Gasteiger partial charge on any atom is 0.314 e. The molecule has 3 aromatic rings. The molecule has 2 N–H and O–H groups in total. The quantitative estimate of drug-likeness (QED) is 0.455. The minimum absolute atomic E-state index is 0.359. The number of H-pyrrole nitrogens is 2. The first-order valence-corrected chi connectivity index (χ1v) is 8.64. The SMILES string of the molecule is O=c1[nH]c2ccc(C(Cl)c3cc(Br)sc3Br)cc2[nH]c1=O. The van der Waals surface area contributed by atoms with Crippen LogP contribution in [0.5, 0.6) is 0 Å². The van der Waals surface area contributed by atoms with E-state index in [0.717, 1.165) is 18.7 Å². The third-order valence-electron chi connectivity index (χ3n) is 3.00. The Hall–Kier alpha value is -0.890. The molecule has 0 amide bonds. The van der Waals surface area contributed by atoms with Crippen LogP contribution in [0, 0.1) is 0 Å². The number of hydrogen-bond acceptors (Lipinski definition) is 3. The molecule has 4 nitrogen and oxygen atoms in total. The lowest BCUT2D eigenvalue weighted by Crippen LogP contribution is -2.28. The van der Waals surface area contributed by atoms with E-state index in [0.29, 0.717) is 11.0 Å². The van der Waals surface area contributed by atoms with Crippen LogP contribution >= 0.6 is 54.8 Å². The van der Waals surface area contributed by atoms with Gasteiger partial charge in [-0.15, -0.1) is 22.9 Å². The first-order chi connectivity index (χ1) is 9.95. The van der Waals surface area contributed by atoms with Crippen molar-refractivity contribution in [1.82, 2.24) is 9.97 Å². The normalized spacial score (nSPS) is 12.7. The summed E-state index contributed by atoms with van der Waals surface area (Å²) in [7, 11) is 0. The lowest BCUT2D eigenvalue weighted by atomic mass is 10.1. The van der Waals surface area contributed by atoms with Crippen LogP contribution in [-0.2, 0) is 0 Å². The molecule has 0 radical (unpaired) electrons. The molecule has 0 saturated carbocycles. The highest BCUT2D eigenvalue weighted by molar-refractivity contribution is 9.12. The molecule has 21 heavy (non-hydrogen) atoms. The average molecular weight is 451 g/mol. The van der Waals surface area contributed by atoms with Crippen LogP contribution in [0.4, 0.5) is 0 Å². The van der Waals surface area contributed by atoms with Gasteiger partial charge in [0.15, 0.2) is 0 Å². The van der Waals surface area contributed by atoms with Crippen molar-refractivity contribution in [2.45, 2.75) is 5.38 Å². The van der Waals surface area contributed by atoms with E-state index >= 15 is 0 Å². The lowest BCUT2D eigenvalue weighted by Gasteiger charge is -2.10. The minimum atomic E-state index is -0.676. The fourth-order valence-corrected chi connectivity index (χ4v) is 5.40. The number of aromatic amines is 2. The predicted molar refractivity (Wildman–Crippen MR) is 92.6 cm³/mol. The number of thiophene rings is 1. The minimum Gasteiger partial charge on any atom is -0.316 e. The second-order valence-corrected chi connectivity index (χ2v) is 8.54. The molecule has 0 spiro atoms. The Morgan fingerprint density at radius 1 is 1.05 bits per heavy atom. The van der Waals surface area contributed by atoms with Gasteiger partial charge in [-0.1, -0.05) is 6.07 Å². The highest BCUT2D eigenvalue weighted by atomic mass is 79.9. The maximum atomic E-state index is 11.4. The molecule has 108 valence electrons. The van der Waals surface area contributed by atoms with Crippen LogP contribution in [0.25, 0.3) is 11.0 Å². The number of fused-ring (bicyclic) bond motifs is 1. The van der Waals surface area contributed by atoms with E-state index in [1.807, 2.05) is 12.1 Å². The molecule has 0 aliphatic rings.